The Morgan fingerprint density at radius 1 is 1.06 bits per heavy atom. The van der Waals surface area contributed by atoms with Crippen molar-refractivity contribution in [1.82, 2.24) is 4.90 Å². The maximum Gasteiger partial charge on any atom is 0.490 e. The molecule has 1 spiro atoms. The number of carboxylic acid groups (broad SMARTS) is 1. The van der Waals surface area contributed by atoms with Crippen LogP contribution in [-0.2, 0) is 45.2 Å². The quantitative estimate of drug-likeness (QED) is 0.306. The van der Waals surface area contributed by atoms with Crippen molar-refractivity contribution >= 4 is 23.9 Å². The predicted octanol–water partition coefficient (Wildman–Crippen LogP) is 3.08. The summed E-state index contributed by atoms with van der Waals surface area (Å²) in [7, 11) is 1.99. The van der Waals surface area contributed by atoms with Crippen LogP contribution in [0.5, 0.6) is 11.5 Å². The Balaban J connectivity index is 0.000000559. The molecule has 4 aliphatic rings. The molecule has 2 aliphatic heterocycles. The molecule has 1 fully saturated rings. The van der Waals surface area contributed by atoms with E-state index >= 15 is 0 Å². The Morgan fingerprint density at radius 3 is 2.34 bits per heavy atom. The highest BCUT2D eigenvalue weighted by Crippen LogP contribution is 2.65. The molecule has 6 atom stereocenters. The predicted molar refractivity (Wildman–Crippen MR) is 153 cm³/mol. The highest BCUT2D eigenvalue weighted by Gasteiger charge is 2.72. The van der Waals surface area contributed by atoms with Crippen LogP contribution in [0.3, 0.4) is 0 Å². The number of hydrogen-bond acceptors (Lipinski definition) is 11. The number of aliphatic carboxylic acids is 1. The standard InChI is InChI=1S/C30H31NO9.C2HF3O2/c1-16(37-17(2)32)27(34)40-24(18-7-5-4-6-8-18)28(35)38-21-11-12-30(36)22-15-19-9-10-20(33)25-23(19)29(30,26(21)39-25)13-14-31(22)3;3-2(4,5)1(6)7/h4-11,16,22,24,26,33,36H,12-15H2,1-3H3;(H,6,7)/t16?,22-,24+,26+,29+,30-;/m1./s1. The van der Waals surface area contributed by atoms with Gasteiger partial charge in [0.2, 0.25) is 6.10 Å². The van der Waals surface area contributed by atoms with Gasteiger partial charge >= 0.3 is 30.1 Å². The van der Waals surface area contributed by atoms with Crippen LogP contribution in [0.2, 0.25) is 0 Å². The van der Waals surface area contributed by atoms with Crippen LogP contribution in [0.25, 0.3) is 0 Å². The highest BCUT2D eigenvalue weighted by atomic mass is 19.4. The fourth-order valence-corrected chi connectivity index (χ4v) is 7.00. The second-order valence-electron chi connectivity index (χ2n) is 11.8. The number of likely N-dealkylation sites (tertiary alicyclic amines) is 1. The molecule has 252 valence electrons. The number of alkyl halides is 3. The SMILES string of the molecule is CC(=O)OC(C)C(=O)O[C@H](C(=O)OC1=CC[C@@]2(O)[C@H]3Cc4ccc(O)c5c4[C@@]2(CCN3C)[C@H]1O5)c1ccccc1.O=C(O)C(F)(F)F. The summed E-state index contributed by atoms with van der Waals surface area (Å²) in [4.78, 5) is 48.8. The normalized spacial score (nSPS) is 26.6. The first-order valence-electron chi connectivity index (χ1n) is 14.6. The van der Waals surface area contributed by atoms with Gasteiger partial charge in [-0.2, -0.15) is 13.2 Å². The molecule has 1 saturated heterocycles. The van der Waals surface area contributed by atoms with Gasteiger partial charge in [0, 0.05) is 30.5 Å². The van der Waals surface area contributed by atoms with Gasteiger partial charge in [0.25, 0.3) is 0 Å². The fraction of sp³-hybridized carbons (Fsp3) is 0.438. The number of ether oxygens (including phenoxy) is 4. The molecular formula is C32H32F3NO11. The first-order valence-corrected chi connectivity index (χ1v) is 14.6. The van der Waals surface area contributed by atoms with Crippen LogP contribution in [0.4, 0.5) is 13.2 Å². The number of phenols is 1. The van der Waals surface area contributed by atoms with Gasteiger partial charge in [-0.1, -0.05) is 36.4 Å². The number of carboxylic acids is 1. The average molecular weight is 664 g/mol. The van der Waals surface area contributed by atoms with Gasteiger partial charge in [0.05, 0.1) is 11.0 Å². The molecule has 47 heavy (non-hydrogen) atoms. The lowest BCUT2D eigenvalue weighted by Gasteiger charge is -2.61. The van der Waals surface area contributed by atoms with E-state index in [1.165, 1.54) is 13.8 Å². The van der Waals surface area contributed by atoms with E-state index in [0.717, 1.165) is 11.1 Å². The monoisotopic (exact) mass is 663 g/mol. The number of hydrogen-bond donors (Lipinski definition) is 3. The Bertz CT molecular complexity index is 1630. The summed E-state index contributed by atoms with van der Waals surface area (Å²) in [5, 5.41) is 30.1. The van der Waals surface area contributed by atoms with Crippen molar-refractivity contribution in [3.8, 4) is 11.5 Å². The molecule has 2 heterocycles. The number of nitrogens with zero attached hydrogens (tertiary/aromatic N) is 1. The van der Waals surface area contributed by atoms with Crippen molar-refractivity contribution < 1.29 is 66.6 Å². The summed E-state index contributed by atoms with van der Waals surface area (Å²) < 4.78 is 54.4. The lowest BCUT2D eigenvalue weighted by molar-refractivity contribution is -0.192. The molecule has 6 rings (SSSR count). The zero-order valence-electron chi connectivity index (χ0n) is 25.4. The largest absolute Gasteiger partial charge is 0.504 e. The maximum absolute atomic E-state index is 13.7. The number of halogens is 3. The van der Waals surface area contributed by atoms with Gasteiger partial charge in [-0.3, -0.25) is 4.79 Å². The molecule has 12 nitrogen and oxygen atoms in total. The number of carbonyl (C=O) groups excluding carboxylic acids is 3. The zero-order chi connectivity index (χ0) is 34.5. The van der Waals surface area contributed by atoms with Crippen molar-refractivity contribution in [2.45, 2.75) is 74.7 Å². The number of esters is 3. The van der Waals surface area contributed by atoms with Crippen molar-refractivity contribution in [2.75, 3.05) is 13.6 Å². The van der Waals surface area contributed by atoms with Gasteiger partial charge in [-0.15, -0.1) is 0 Å². The van der Waals surface area contributed by atoms with Crippen molar-refractivity contribution in [2.24, 2.45) is 0 Å². The van der Waals surface area contributed by atoms with E-state index < -0.39 is 59.4 Å². The summed E-state index contributed by atoms with van der Waals surface area (Å²) in [5.41, 5.74) is -0.0162. The number of aliphatic hydroxyl groups is 1. The van der Waals surface area contributed by atoms with Crippen LogP contribution in [0.1, 0.15) is 49.5 Å². The first kappa shape index (κ1) is 33.7. The molecule has 2 aromatic carbocycles. The number of piperidine rings is 1. The minimum absolute atomic E-state index is 0.0384. The van der Waals surface area contributed by atoms with Gasteiger partial charge in [0.15, 0.2) is 23.7 Å². The third-order valence-corrected chi connectivity index (χ3v) is 9.04. The summed E-state index contributed by atoms with van der Waals surface area (Å²) >= 11 is 0. The van der Waals surface area contributed by atoms with Crippen molar-refractivity contribution in [3.63, 3.8) is 0 Å². The van der Waals surface area contributed by atoms with E-state index in [1.54, 1.807) is 42.5 Å². The average Bonchev–Trinajstić information content (AvgIpc) is 3.36. The molecule has 1 unspecified atom stereocenters. The molecule has 15 heteroatoms. The smallest absolute Gasteiger partial charge is 0.490 e. The molecule has 0 radical (unpaired) electrons. The summed E-state index contributed by atoms with van der Waals surface area (Å²) in [6.45, 7) is 3.21. The Kier molecular flexibility index (Phi) is 8.75. The summed E-state index contributed by atoms with van der Waals surface area (Å²) in [6, 6.07) is 11.7. The van der Waals surface area contributed by atoms with Gasteiger partial charge in [-0.05, 0) is 51.1 Å². The number of phenolic OH excluding ortho intramolecular Hbond substituents is 1. The van der Waals surface area contributed by atoms with Crippen molar-refractivity contribution in [1.29, 1.82) is 0 Å². The van der Waals surface area contributed by atoms with Crippen LogP contribution >= 0.6 is 0 Å². The Morgan fingerprint density at radius 2 is 1.72 bits per heavy atom. The second kappa shape index (κ2) is 12.2. The topological polar surface area (TPSA) is 169 Å². The molecule has 3 N–H and O–H groups in total. The fourth-order valence-electron chi connectivity index (χ4n) is 7.00. The van der Waals surface area contributed by atoms with Gasteiger partial charge in [-0.25, -0.2) is 14.4 Å². The molecule has 2 aliphatic carbocycles. The number of aromatic hydroxyl groups is 1. The third kappa shape index (κ3) is 5.78. The van der Waals surface area contributed by atoms with E-state index in [0.29, 0.717) is 30.7 Å². The molecular weight excluding hydrogens is 631 g/mol. The highest BCUT2D eigenvalue weighted by molar-refractivity contribution is 5.84. The molecule has 0 aromatic heterocycles. The maximum atomic E-state index is 13.7. The summed E-state index contributed by atoms with van der Waals surface area (Å²) in [6.07, 6.45) is -5.65. The van der Waals surface area contributed by atoms with E-state index in [2.05, 4.69) is 4.90 Å². The van der Waals surface area contributed by atoms with Crippen LogP contribution in [0, 0.1) is 0 Å². The first-order chi connectivity index (χ1) is 22.0. The third-order valence-electron chi connectivity index (χ3n) is 9.04. The number of carbonyl (C=O) groups is 4. The van der Waals surface area contributed by atoms with E-state index in [1.807, 2.05) is 13.1 Å². The van der Waals surface area contributed by atoms with Crippen LogP contribution < -0.4 is 4.74 Å². The molecule has 2 aromatic rings. The molecule has 2 bridgehead atoms. The lowest BCUT2D eigenvalue weighted by atomic mass is 9.50. The van der Waals surface area contributed by atoms with E-state index in [-0.39, 0.29) is 24.0 Å². The van der Waals surface area contributed by atoms with Crippen molar-refractivity contribution in [3.05, 3.63) is 71.0 Å². The minimum atomic E-state index is -5.08. The molecule has 0 amide bonds. The van der Waals surface area contributed by atoms with Crippen LogP contribution in [0.15, 0.2) is 54.3 Å². The molecule has 0 saturated carbocycles. The lowest BCUT2D eigenvalue weighted by Crippen LogP contribution is -2.74. The van der Waals surface area contributed by atoms with Crippen LogP contribution in [-0.4, -0.2) is 87.7 Å². The minimum Gasteiger partial charge on any atom is -0.504 e. The van der Waals surface area contributed by atoms with E-state index in [9.17, 15) is 37.8 Å². The number of likely N-dealkylation sites (N-methyl/N-ethyl adjacent to an activating group) is 1. The Hall–Kier alpha value is -4.63. The van der Waals surface area contributed by atoms with Gasteiger partial charge < -0.3 is 39.2 Å². The Labute approximate surface area is 266 Å². The summed E-state index contributed by atoms with van der Waals surface area (Å²) in [5.74, 6) is -4.74. The zero-order valence-corrected chi connectivity index (χ0v) is 25.4. The second-order valence-corrected chi connectivity index (χ2v) is 11.8. The number of benzene rings is 2. The number of rotatable bonds is 6. The van der Waals surface area contributed by atoms with Gasteiger partial charge in [0.1, 0.15) is 5.76 Å². The van der Waals surface area contributed by atoms with E-state index in [4.69, 9.17) is 28.8 Å².